The van der Waals surface area contributed by atoms with Gasteiger partial charge in [-0.1, -0.05) is 48.0 Å². The summed E-state index contributed by atoms with van der Waals surface area (Å²) >= 11 is 1.35. The molecule has 0 aliphatic heterocycles. The number of nitrogens with one attached hydrogen (secondary N) is 1. The molecule has 0 bridgehead atoms. The third-order valence-electron chi connectivity index (χ3n) is 4.34. The Labute approximate surface area is 170 Å². The summed E-state index contributed by atoms with van der Waals surface area (Å²) in [7, 11) is 0. The molecule has 4 aromatic rings. The molecule has 0 radical (unpaired) electrons. The highest BCUT2D eigenvalue weighted by Crippen LogP contribution is 2.15. The number of aromatic amines is 1. The van der Waals surface area contributed by atoms with Gasteiger partial charge in [0.1, 0.15) is 0 Å². The summed E-state index contributed by atoms with van der Waals surface area (Å²) in [5.74, 6) is -1.19. The van der Waals surface area contributed by atoms with Crippen LogP contribution < -0.4 is 4.80 Å². The number of nitrogens with zero attached hydrogens (tertiary/aromatic N) is 3. The van der Waals surface area contributed by atoms with E-state index in [1.807, 2.05) is 59.5 Å². The fourth-order valence-electron chi connectivity index (χ4n) is 2.85. The standard InChI is InChI=1S/C21H18N4O3S/c1-14-6-8-15(9-7-14)12-25-10-11-29-21(25)22-18(26)13-28-20(27)19-16-4-2-3-5-17(16)23-24-19/h2-11H,12-13H2,1H3,(H,23,24). The number of carbonyl (C=O) groups excluding carboxylic acids is 2. The normalized spacial score (nSPS) is 11.7. The van der Waals surface area contributed by atoms with Crippen molar-refractivity contribution in [2.24, 2.45) is 4.99 Å². The summed E-state index contributed by atoms with van der Waals surface area (Å²) in [5.41, 5.74) is 3.18. The van der Waals surface area contributed by atoms with E-state index < -0.39 is 18.5 Å². The molecule has 29 heavy (non-hydrogen) atoms. The van der Waals surface area contributed by atoms with Crippen molar-refractivity contribution in [3.63, 3.8) is 0 Å². The first-order valence-corrected chi connectivity index (χ1v) is 9.85. The number of aryl methyl sites for hydroxylation is 1. The summed E-state index contributed by atoms with van der Waals surface area (Å²) in [5, 5.41) is 9.25. The van der Waals surface area contributed by atoms with E-state index in [2.05, 4.69) is 15.2 Å². The summed E-state index contributed by atoms with van der Waals surface area (Å²) < 4.78 is 6.99. The molecule has 8 heteroatoms. The van der Waals surface area contributed by atoms with Crippen LogP contribution in [0.1, 0.15) is 21.6 Å². The molecule has 7 nitrogen and oxygen atoms in total. The molecule has 0 saturated heterocycles. The van der Waals surface area contributed by atoms with Gasteiger partial charge in [0, 0.05) is 23.5 Å². The van der Waals surface area contributed by atoms with Gasteiger partial charge in [0.2, 0.25) is 0 Å². The number of benzene rings is 2. The van der Waals surface area contributed by atoms with E-state index in [1.54, 1.807) is 12.1 Å². The molecule has 1 N–H and O–H groups in total. The van der Waals surface area contributed by atoms with E-state index in [4.69, 9.17) is 4.74 Å². The Bertz CT molecular complexity index is 1230. The van der Waals surface area contributed by atoms with Gasteiger partial charge in [-0.05, 0) is 18.6 Å². The highest BCUT2D eigenvalue weighted by Gasteiger charge is 2.16. The maximum Gasteiger partial charge on any atom is 0.359 e. The van der Waals surface area contributed by atoms with E-state index in [9.17, 15) is 9.59 Å². The zero-order valence-electron chi connectivity index (χ0n) is 15.7. The van der Waals surface area contributed by atoms with Crippen molar-refractivity contribution in [1.29, 1.82) is 0 Å². The van der Waals surface area contributed by atoms with Crippen LogP contribution in [0, 0.1) is 6.92 Å². The van der Waals surface area contributed by atoms with Gasteiger partial charge < -0.3 is 9.30 Å². The topological polar surface area (TPSA) is 89.3 Å². The molecule has 2 aromatic heterocycles. The highest BCUT2D eigenvalue weighted by molar-refractivity contribution is 7.07. The van der Waals surface area contributed by atoms with Crippen molar-refractivity contribution in [3.8, 4) is 0 Å². The van der Waals surface area contributed by atoms with Crippen LogP contribution in [0.3, 0.4) is 0 Å². The summed E-state index contributed by atoms with van der Waals surface area (Å²) in [6, 6.07) is 15.4. The van der Waals surface area contributed by atoms with Crippen molar-refractivity contribution in [1.82, 2.24) is 14.8 Å². The van der Waals surface area contributed by atoms with Crippen LogP contribution in [0.4, 0.5) is 0 Å². The molecule has 4 rings (SSSR count). The second-order valence-corrected chi connectivity index (χ2v) is 7.37. The summed E-state index contributed by atoms with van der Waals surface area (Å²) in [4.78, 5) is 29.1. The van der Waals surface area contributed by atoms with Gasteiger partial charge in [-0.2, -0.15) is 10.1 Å². The predicted octanol–water partition coefficient (Wildman–Crippen LogP) is 3.07. The molecule has 2 aromatic carbocycles. The smallest absolute Gasteiger partial charge is 0.359 e. The number of hydrogen-bond acceptors (Lipinski definition) is 5. The van der Waals surface area contributed by atoms with Gasteiger partial charge in [0.15, 0.2) is 17.1 Å². The molecule has 0 aliphatic rings. The van der Waals surface area contributed by atoms with Crippen LogP contribution in [0.15, 0.2) is 65.1 Å². The van der Waals surface area contributed by atoms with Crippen molar-refractivity contribution < 1.29 is 14.3 Å². The number of carbonyl (C=O) groups is 2. The van der Waals surface area contributed by atoms with E-state index in [-0.39, 0.29) is 5.69 Å². The molecule has 146 valence electrons. The minimum absolute atomic E-state index is 0.152. The van der Waals surface area contributed by atoms with E-state index >= 15 is 0 Å². The minimum atomic E-state index is -0.662. The maximum atomic E-state index is 12.3. The number of hydrogen-bond donors (Lipinski definition) is 1. The number of ether oxygens (including phenoxy) is 1. The van der Waals surface area contributed by atoms with Crippen LogP contribution in [0.2, 0.25) is 0 Å². The fourth-order valence-corrected chi connectivity index (χ4v) is 3.60. The van der Waals surface area contributed by atoms with Crippen LogP contribution >= 0.6 is 11.3 Å². The number of amides is 1. The van der Waals surface area contributed by atoms with Gasteiger partial charge in [-0.15, -0.1) is 11.3 Å². The minimum Gasteiger partial charge on any atom is -0.451 e. The highest BCUT2D eigenvalue weighted by atomic mass is 32.1. The van der Waals surface area contributed by atoms with Gasteiger partial charge >= 0.3 is 5.97 Å². The van der Waals surface area contributed by atoms with E-state index in [0.717, 1.165) is 11.1 Å². The van der Waals surface area contributed by atoms with E-state index in [0.29, 0.717) is 16.7 Å². The SMILES string of the molecule is Cc1ccc(Cn2ccsc2=NC(=O)COC(=O)c2n[nH]c3ccccc23)cc1. The van der Waals surface area contributed by atoms with Crippen molar-refractivity contribution in [3.05, 3.63) is 81.7 Å². The summed E-state index contributed by atoms with van der Waals surface area (Å²) in [6.07, 6.45) is 1.87. The predicted molar refractivity (Wildman–Crippen MR) is 110 cm³/mol. The molecule has 1 amide bonds. The van der Waals surface area contributed by atoms with Gasteiger partial charge in [-0.25, -0.2) is 4.79 Å². The lowest BCUT2D eigenvalue weighted by molar-refractivity contribution is -0.121. The van der Waals surface area contributed by atoms with Gasteiger partial charge in [0.05, 0.1) is 5.52 Å². The number of esters is 1. The molecule has 0 spiro atoms. The first-order valence-electron chi connectivity index (χ1n) is 8.97. The Morgan fingerprint density at radius 3 is 2.79 bits per heavy atom. The van der Waals surface area contributed by atoms with Crippen LogP contribution in [0.25, 0.3) is 10.9 Å². The monoisotopic (exact) mass is 406 g/mol. The van der Waals surface area contributed by atoms with Crippen LogP contribution in [-0.4, -0.2) is 33.2 Å². The Balaban J connectivity index is 1.43. The third-order valence-corrected chi connectivity index (χ3v) is 5.14. The maximum absolute atomic E-state index is 12.3. The number of aromatic nitrogens is 3. The lowest BCUT2D eigenvalue weighted by Crippen LogP contribution is -2.20. The summed E-state index contributed by atoms with van der Waals surface area (Å²) in [6.45, 7) is 2.20. The molecule has 2 heterocycles. The second-order valence-electron chi connectivity index (χ2n) is 6.50. The van der Waals surface area contributed by atoms with Crippen molar-refractivity contribution >= 4 is 34.1 Å². The van der Waals surface area contributed by atoms with Crippen LogP contribution in [-0.2, 0) is 16.1 Å². The first kappa shape index (κ1) is 18.8. The average molecular weight is 406 g/mol. The van der Waals surface area contributed by atoms with Gasteiger partial charge in [-0.3, -0.25) is 9.89 Å². The molecule has 0 unspecified atom stereocenters. The molecular formula is C21H18N4O3S. The second kappa shape index (κ2) is 8.24. The Morgan fingerprint density at radius 2 is 1.97 bits per heavy atom. The quantitative estimate of drug-likeness (QED) is 0.516. The van der Waals surface area contributed by atoms with Crippen LogP contribution in [0.5, 0.6) is 0 Å². The Hall–Kier alpha value is -3.52. The van der Waals surface area contributed by atoms with E-state index in [1.165, 1.54) is 16.9 Å². The zero-order chi connectivity index (χ0) is 20.2. The van der Waals surface area contributed by atoms with Crippen molar-refractivity contribution in [2.75, 3.05) is 6.61 Å². The third kappa shape index (κ3) is 4.33. The number of thiazole rings is 1. The van der Waals surface area contributed by atoms with Gasteiger partial charge in [0.25, 0.3) is 5.91 Å². The number of H-pyrrole nitrogens is 1. The lowest BCUT2D eigenvalue weighted by Gasteiger charge is -2.04. The van der Waals surface area contributed by atoms with Crippen molar-refractivity contribution in [2.45, 2.75) is 13.5 Å². The average Bonchev–Trinajstić information content (AvgIpc) is 3.35. The largest absolute Gasteiger partial charge is 0.451 e. The molecule has 0 aliphatic carbocycles. The molecular weight excluding hydrogens is 388 g/mol. The number of fused-ring (bicyclic) bond motifs is 1. The first-order chi connectivity index (χ1) is 14.1. The molecule has 0 fully saturated rings. The zero-order valence-corrected chi connectivity index (χ0v) is 16.5. The Morgan fingerprint density at radius 1 is 1.17 bits per heavy atom. The lowest BCUT2D eigenvalue weighted by atomic mass is 10.1. The fraction of sp³-hybridized carbons (Fsp3) is 0.143. The number of para-hydroxylation sites is 1. The Kier molecular flexibility index (Phi) is 5.35. The molecule has 0 atom stereocenters. The molecule has 0 saturated carbocycles. The number of rotatable bonds is 5.